The molecule has 0 aromatic carbocycles. The zero-order chi connectivity index (χ0) is 17.5. The lowest BCUT2D eigenvalue weighted by molar-refractivity contribution is -0.136. The summed E-state index contributed by atoms with van der Waals surface area (Å²) in [6.45, 7) is 0.605. The van der Waals surface area contributed by atoms with Crippen LogP contribution in [0.3, 0.4) is 0 Å². The molecule has 2 aliphatic rings. The number of carbonyl (C=O) groups is 2. The minimum Gasteiger partial charge on any atom is -0.478 e. The predicted octanol–water partition coefficient (Wildman–Crippen LogP) is 2.68. The van der Waals surface area contributed by atoms with Gasteiger partial charge in [0.1, 0.15) is 0 Å². The molecule has 0 aromatic rings. The zero-order valence-electron chi connectivity index (χ0n) is 11.8. The third-order valence-electron chi connectivity index (χ3n) is 3.63. The number of carboxylic acids is 1. The average Bonchev–Trinajstić information content (AvgIpc) is 2.42. The molecule has 1 N–H and O–H groups in total. The van der Waals surface area contributed by atoms with Crippen molar-refractivity contribution in [1.29, 1.82) is 0 Å². The Balaban J connectivity index is 2.48. The number of rotatable bonds is 3. The SMILES string of the molecule is CC1=C(C(=O)O)C2=CC(F)C(=O)C(F)C2=CN1CCC(F)(F)F. The molecule has 0 aromatic heterocycles. The first-order valence-corrected chi connectivity index (χ1v) is 6.56. The van der Waals surface area contributed by atoms with Gasteiger partial charge in [0, 0.05) is 24.0 Å². The number of carboxylic acid groups (broad SMARTS) is 1. The van der Waals surface area contributed by atoms with E-state index in [4.69, 9.17) is 0 Å². The zero-order valence-corrected chi connectivity index (χ0v) is 11.8. The molecule has 0 fully saturated rings. The normalized spacial score (nSPS) is 25.1. The number of halogens is 5. The van der Waals surface area contributed by atoms with Crippen molar-refractivity contribution in [2.45, 2.75) is 31.9 Å². The van der Waals surface area contributed by atoms with E-state index in [-0.39, 0.29) is 11.3 Å². The molecule has 1 aliphatic carbocycles. The summed E-state index contributed by atoms with van der Waals surface area (Å²) in [5.74, 6) is -2.94. The van der Waals surface area contributed by atoms with Gasteiger partial charge in [0.15, 0.2) is 12.3 Å². The second kappa shape index (κ2) is 5.78. The van der Waals surface area contributed by atoms with Crippen molar-refractivity contribution in [2.75, 3.05) is 6.54 Å². The van der Waals surface area contributed by atoms with Crippen molar-refractivity contribution in [3.05, 3.63) is 34.7 Å². The molecule has 0 saturated heterocycles. The van der Waals surface area contributed by atoms with Gasteiger partial charge >= 0.3 is 12.1 Å². The van der Waals surface area contributed by atoms with Crippen molar-refractivity contribution < 1.29 is 36.6 Å². The number of hydrogen-bond acceptors (Lipinski definition) is 3. The van der Waals surface area contributed by atoms with E-state index >= 15 is 0 Å². The number of ketones is 1. The van der Waals surface area contributed by atoms with Gasteiger partial charge in [-0.05, 0) is 18.6 Å². The van der Waals surface area contributed by atoms with Crippen molar-refractivity contribution in [3.63, 3.8) is 0 Å². The maximum absolute atomic E-state index is 14.0. The van der Waals surface area contributed by atoms with Crippen molar-refractivity contribution in [3.8, 4) is 0 Å². The molecular weight excluding hydrogens is 325 g/mol. The summed E-state index contributed by atoms with van der Waals surface area (Å²) in [7, 11) is 0. The van der Waals surface area contributed by atoms with Crippen molar-refractivity contribution in [1.82, 2.24) is 4.90 Å². The summed E-state index contributed by atoms with van der Waals surface area (Å²) in [5.41, 5.74) is -1.33. The van der Waals surface area contributed by atoms with Crippen molar-refractivity contribution >= 4 is 11.8 Å². The fourth-order valence-corrected chi connectivity index (χ4v) is 2.47. The molecule has 126 valence electrons. The predicted molar refractivity (Wildman–Crippen MR) is 68.7 cm³/mol. The van der Waals surface area contributed by atoms with Gasteiger partial charge in [0.2, 0.25) is 5.78 Å². The molecule has 0 bridgehead atoms. The summed E-state index contributed by atoms with van der Waals surface area (Å²) < 4.78 is 64.5. The number of alkyl halides is 5. The van der Waals surface area contributed by atoms with Crippen LogP contribution in [0.5, 0.6) is 0 Å². The molecule has 9 heteroatoms. The summed E-state index contributed by atoms with van der Waals surface area (Å²) >= 11 is 0. The molecule has 1 heterocycles. The molecule has 1 aliphatic heterocycles. The Kier molecular flexibility index (Phi) is 4.32. The Labute approximate surface area is 127 Å². The molecule has 23 heavy (non-hydrogen) atoms. The van der Waals surface area contributed by atoms with Gasteiger partial charge < -0.3 is 10.0 Å². The molecule has 2 rings (SSSR count). The third kappa shape index (κ3) is 3.27. The molecule has 0 spiro atoms. The van der Waals surface area contributed by atoms with Gasteiger partial charge in [-0.3, -0.25) is 4.79 Å². The second-order valence-corrected chi connectivity index (χ2v) is 5.16. The van der Waals surface area contributed by atoms with Crippen LogP contribution in [0.4, 0.5) is 22.0 Å². The fourth-order valence-electron chi connectivity index (χ4n) is 2.47. The number of Topliss-reactive ketones (excluding diaryl/α,β-unsaturated/α-hetero) is 1. The van der Waals surface area contributed by atoms with Crippen LogP contribution in [-0.2, 0) is 9.59 Å². The smallest absolute Gasteiger partial charge is 0.390 e. The van der Waals surface area contributed by atoms with Gasteiger partial charge in [0.25, 0.3) is 0 Å². The van der Waals surface area contributed by atoms with Crippen LogP contribution in [0, 0.1) is 0 Å². The quantitative estimate of drug-likeness (QED) is 0.805. The standard InChI is InChI=1S/C14H12F5NO3/c1-6-10(13(22)23)7-4-9(15)12(21)11(16)8(7)5-20(6)3-2-14(17,18)19/h4-5,9,11H,2-3H2,1H3,(H,22,23). The highest BCUT2D eigenvalue weighted by molar-refractivity contribution is 6.01. The van der Waals surface area contributed by atoms with Crippen LogP contribution in [0.25, 0.3) is 0 Å². The highest BCUT2D eigenvalue weighted by Crippen LogP contribution is 2.38. The lowest BCUT2D eigenvalue weighted by atomic mass is 9.83. The Morgan fingerprint density at radius 1 is 1.35 bits per heavy atom. The number of carbonyl (C=O) groups excluding carboxylic acids is 1. The van der Waals surface area contributed by atoms with Gasteiger partial charge in [-0.1, -0.05) is 0 Å². The summed E-state index contributed by atoms with van der Waals surface area (Å²) in [6.07, 6.45) is -8.83. The maximum atomic E-state index is 14.0. The van der Waals surface area contributed by atoms with Crippen LogP contribution in [0.1, 0.15) is 13.3 Å². The first kappa shape index (κ1) is 17.2. The van der Waals surface area contributed by atoms with Gasteiger partial charge in [-0.25, -0.2) is 13.6 Å². The monoisotopic (exact) mass is 337 g/mol. The molecule has 2 unspecified atom stereocenters. The van der Waals surface area contributed by atoms with Crippen molar-refractivity contribution in [2.24, 2.45) is 0 Å². The minimum absolute atomic E-state index is 0.0782. The van der Waals surface area contributed by atoms with E-state index in [1.54, 1.807) is 0 Å². The first-order valence-electron chi connectivity index (χ1n) is 6.56. The number of nitrogens with zero attached hydrogens (tertiary/aromatic N) is 1. The Bertz CT molecular complexity index is 647. The van der Waals surface area contributed by atoms with E-state index in [2.05, 4.69) is 0 Å². The molecule has 0 radical (unpaired) electrons. The van der Waals surface area contributed by atoms with Crippen LogP contribution in [0.15, 0.2) is 34.7 Å². The highest BCUT2D eigenvalue weighted by atomic mass is 19.4. The molecule has 0 amide bonds. The lowest BCUT2D eigenvalue weighted by Gasteiger charge is -2.33. The largest absolute Gasteiger partial charge is 0.478 e. The second-order valence-electron chi connectivity index (χ2n) is 5.16. The van der Waals surface area contributed by atoms with E-state index in [1.807, 2.05) is 0 Å². The van der Waals surface area contributed by atoms with Gasteiger partial charge in [-0.15, -0.1) is 0 Å². The Morgan fingerprint density at radius 2 is 1.96 bits per heavy atom. The van der Waals surface area contributed by atoms with Crippen LogP contribution in [0.2, 0.25) is 0 Å². The van der Waals surface area contributed by atoms with E-state index in [9.17, 15) is 36.6 Å². The number of fused-ring (bicyclic) bond motifs is 1. The van der Waals surface area contributed by atoms with E-state index in [0.29, 0.717) is 6.08 Å². The van der Waals surface area contributed by atoms with E-state index in [0.717, 1.165) is 11.1 Å². The molecular formula is C14H12F5NO3. The van der Waals surface area contributed by atoms with E-state index < -0.39 is 54.4 Å². The topological polar surface area (TPSA) is 57.6 Å². The fraction of sp³-hybridized carbons (Fsp3) is 0.429. The number of hydrogen-bond donors (Lipinski definition) is 1. The Hall–Kier alpha value is -2.19. The van der Waals surface area contributed by atoms with Crippen LogP contribution in [-0.4, -0.2) is 46.8 Å². The average molecular weight is 337 g/mol. The van der Waals surface area contributed by atoms with Gasteiger partial charge in [0.05, 0.1) is 12.0 Å². The van der Waals surface area contributed by atoms with Crippen LogP contribution < -0.4 is 0 Å². The minimum atomic E-state index is -4.49. The number of allylic oxidation sites excluding steroid dienone is 3. The first-order chi connectivity index (χ1) is 10.5. The number of aliphatic carboxylic acids is 1. The maximum Gasteiger partial charge on any atom is 0.390 e. The summed E-state index contributed by atoms with van der Waals surface area (Å²) in [6, 6.07) is 0. The highest BCUT2D eigenvalue weighted by Gasteiger charge is 2.41. The molecule has 0 saturated carbocycles. The summed E-state index contributed by atoms with van der Waals surface area (Å²) in [4.78, 5) is 23.6. The lowest BCUT2D eigenvalue weighted by Crippen LogP contribution is -2.38. The van der Waals surface area contributed by atoms with E-state index in [1.165, 1.54) is 6.92 Å². The summed E-state index contributed by atoms with van der Waals surface area (Å²) in [5, 5.41) is 9.23. The van der Waals surface area contributed by atoms with Gasteiger partial charge in [-0.2, -0.15) is 13.2 Å². The Morgan fingerprint density at radius 3 is 2.48 bits per heavy atom. The third-order valence-corrected chi connectivity index (χ3v) is 3.63. The molecule has 4 nitrogen and oxygen atoms in total. The molecule has 2 atom stereocenters. The van der Waals surface area contributed by atoms with Crippen LogP contribution >= 0.6 is 0 Å².